The van der Waals surface area contributed by atoms with Gasteiger partial charge in [0.1, 0.15) is 22.4 Å². The Morgan fingerprint density at radius 1 is 1.00 bits per heavy atom. The predicted octanol–water partition coefficient (Wildman–Crippen LogP) is 3.39. The fraction of sp³-hybridized carbons (Fsp3) is 0.222. The Morgan fingerprint density at radius 2 is 1.72 bits per heavy atom. The molecule has 222 valence electrons. The van der Waals surface area contributed by atoms with Gasteiger partial charge in [0.15, 0.2) is 11.6 Å². The maximum Gasteiger partial charge on any atom is 0.265 e. The van der Waals surface area contributed by atoms with E-state index < -0.39 is 10.0 Å². The second-order valence-corrected chi connectivity index (χ2v) is 11.8. The van der Waals surface area contributed by atoms with Gasteiger partial charge in [0.2, 0.25) is 11.8 Å². The molecule has 43 heavy (non-hydrogen) atoms. The smallest absolute Gasteiger partial charge is 0.265 e. The molecule has 1 N–H and O–H groups in total. The van der Waals surface area contributed by atoms with E-state index in [9.17, 15) is 18.0 Å². The fourth-order valence-electron chi connectivity index (χ4n) is 4.43. The van der Waals surface area contributed by atoms with Crippen LogP contribution in [0.3, 0.4) is 0 Å². The summed E-state index contributed by atoms with van der Waals surface area (Å²) in [5, 5.41) is -0.297. The molecule has 13 nitrogen and oxygen atoms in total. The Bertz CT molecular complexity index is 1840. The van der Waals surface area contributed by atoms with Crippen LogP contribution >= 0.6 is 23.2 Å². The summed E-state index contributed by atoms with van der Waals surface area (Å²) < 4.78 is 34.2. The lowest BCUT2D eigenvalue weighted by molar-refractivity contribution is -0.126. The third kappa shape index (κ3) is 6.50. The zero-order chi connectivity index (χ0) is 30.7. The number of ketones is 1. The van der Waals surface area contributed by atoms with E-state index in [4.69, 9.17) is 32.9 Å². The number of fused-ring (bicyclic) bond motifs is 1. The highest BCUT2D eigenvalue weighted by atomic mass is 35.5. The van der Waals surface area contributed by atoms with Crippen molar-refractivity contribution in [1.29, 1.82) is 0 Å². The molecule has 4 aromatic rings. The minimum Gasteiger partial charge on any atom is -0.480 e. The molecule has 16 heteroatoms. The number of hydrogen-bond donors (Lipinski definition) is 1. The predicted molar refractivity (Wildman–Crippen MR) is 161 cm³/mol. The van der Waals surface area contributed by atoms with Crippen LogP contribution in [0.15, 0.2) is 60.2 Å². The molecule has 4 aromatic heterocycles. The van der Waals surface area contributed by atoms with Crippen LogP contribution in [0, 0.1) is 0 Å². The number of carbonyl (C=O) groups excluding carboxylic acids is 2. The number of allylic oxidation sites excluding steroid dienone is 1. The maximum absolute atomic E-state index is 13.2. The lowest BCUT2D eigenvalue weighted by Gasteiger charge is -2.35. The van der Waals surface area contributed by atoms with Crippen LogP contribution in [-0.4, -0.2) is 83.2 Å². The van der Waals surface area contributed by atoms with Gasteiger partial charge in [-0.1, -0.05) is 23.2 Å². The molecule has 0 aliphatic carbocycles. The number of amides is 1. The first-order chi connectivity index (χ1) is 20.6. The summed E-state index contributed by atoms with van der Waals surface area (Å²) in [6, 6.07) is 5.04. The molecular formula is C27H24Cl2N8O5S. The van der Waals surface area contributed by atoms with Crippen molar-refractivity contribution >= 4 is 67.5 Å². The Kier molecular flexibility index (Phi) is 8.71. The van der Waals surface area contributed by atoms with Crippen molar-refractivity contribution < 1.29 is 22.7 Å². The highest BCUT2D eigenvalue weighted by Gasteiger charge is 2.25. The van der Waals surface area contributed by atoms with E-state index in [1.165, 1.54) is 57.2 Å². The number of rotatable bonds is 8. The number of hydrogen-bond acceptors (Lipinski definition) is 11. The molecule has 0 aromatic carbocycles. The summed E-state index contributed by atoms with van der Waals surface area (Å²) in [5.41, 5.74) is 2.11. The van der Waals surface area contributed by atoms with Gasteiger partial charge < -0.3 is 14.5 Å². The van der Waals surface area contributed by atoms with E-state index in [1.807, 2.05) is 4.90 Å². The van der Waals surface area contributed by atoms with E-state index in [-0.39, 0.29) is 38.2 Å². The third-order valence-corrected chi connectivity index (χ3v) is 8.74. The number of ether oxygens (including phenoxy) is 1. The molecule has 0 radical (unpaired) electrons. The molecule has 1 amide bonds. The number of nitrogens with one attached hydrogen (secondary N) is 1. The van der Waals surface area contributed by atoms with Crippen LogP contribution in [0.1, 0.15) is 6.92 Å². The first-order valence-electron chi connectivity index (χ1n) is 12.8. The van der Waals surface area contributed by atoms with Gasteiger partial charge in [-0.2, -0.15) is 0 Å². The van der Waals surface area contributed by atoms with Gasteiger partial charge in [-0.25, -0.2) is 28.4 Å². The number of halogens is 2. The van der Waals surface area contributed by atoms with E-state index in [2.05, 4.69) is 24.7 Å². The maximum atomic E-state index is 13.2. The molecule has 0 unspecified atom stereocenters. The fourth-order valence-corrected chi connectivity index (χ4v) is 6.56. The molecule has 0 bridgehead atoms. The molecule has 1 aliphatic rings. The van der Waals surface area contributed by atoms with Crippen molar-refractivity contribution in [3.8, 4) is 17.1 Å². The van der Waals surface area contributed by atoms with Crippen LogP contribution in [0.5, 0.6) is 5.88 Å². The van der Waals surface area contributed by atoms with Crippen molar-refractivity contribution in [2.45, 2.75) is 11.8 Å². The summed E-state index contributed by atoms with van der Waals surface area (Å²) in [6.45, 7) is 3.24. The van der Waals surface area contributed by atoms with Gasteiger partial charge in [-0.15, -0.1) is 0 Å². The van der Waals surface area contributed by atoms with Crippen LogP contribution in [0.4, 0.5) is 11.5 Å². The SMILES string of the molecule is COc1ncc(-c2ccc3ncnc(N4CCN(C(=O)/C=C/C(C)=O)CC4)c3n2)cc1NS(=O)(=O)c1c(Cl)cncc1Cl. The second kappa shape index (κ2) is 12.5. The van der Waals surface area contributed by atoms with Crippen molar-refractivity contribution in [1.82, 2.24) is 29.8 Å². The van der Waals surface area contributed by atoms with Gasteiger partial charge in [0, 0.05) is 56.4 Å². The van der Waals surface area contributed by atoms with Crippen molar-refractivity contribution in [2.24, 2.45) is 0 Å². The van der Waals surface area contributed by atoms with Crippen LogP contribution in [0.25, 0.3) is 22.3 Å². The van der Waals surface area contributed by atoms with Crippen LogP contribution in [0.2, 0.25) is 10.0 Å². The highest BCUT2D eigenvalue weighted by molar-refractivity contribution is 7.93. The number of pyridine rings is 3. The van der Waals surface area contributed by atoms with E-state index in [1.54, 1.807) is 17.0 Å². The van der Waals surface area contributed by atoms with E-state index in [0.717, 1.165) is 0 Å². The van der Waals surface area contributed by atoms with Gasteiger partial charge in [-0.05, 0) is 31.2 Å². The molecule has 0 saturated carbocycles. The quantitative estimate of drug-likeness (QED) is 0.280. The van der Waals surface area contributed by atoms with E-state index >= 15 is 0 Å². The monoisotopic (exact) mass is 642 g/mol. The minimum absolute atomic E-state index is 0.0176. The Balaban J connectivity index is 1.45. The minimum atomic E-state index is -4.25. The van der Waals surface area contributed by atoms with Gasteiger partial charge in [0.25, 0.3) is 10.0 Å². The average molecular weight is 644 g/mol. The van der Waals surface area contributed by atoms with Gasteiger partial charge in [-0.3, -0.25) is 19.3 Å². The Morgan fingerprint density at radius 3 is 2.40 bits per heavy atom. The standard InChI is InChI=1S/C27H24Cl2N8O5S/c1-16(38)3-6-23(39)36-7-9-37(10-8-36)26-24-21(32-15-33-26)5-4-20(34-24)17-11-22(27(42-2)31-12-17)35-43(40,41)25-18(28)13-30-14-19(25)29/h3-6,11-15,35H,7-10H2,1-2H3/b6-3+. The largest absolute Gasteiger partial charge is 0.480 e. The van der Waals surface area contributed by atoms with Crippen LogP contribution in [-0.2, 0) is 19.6 Å². The summed E-state index contributed by atoms with van der Waals surface area (Å²) in [6.07, 6.45) is 7.84. The molecule has 1 aliphatic heterocycles. The van der Waals surface area contributed by atoms with Crippen molar-refractivity contribution in [3.05, 3.63) is 65.3 Å². The summed E-state index contributed by atoms with van der Waals surface area (Å²) in [4.78, 5) is 48.6. The van der Waals surface area contributed by atoms with Crippen molar-refractivity contribution in [2.75, 3.05) is 42.9 Å². The zero-order valence-electron chi connectivity index (χ0n) is 22.9. The number of piperazine rings is 1. The summed E-state index contributed by atoms with van der Waals surface area (Å²) in [7, 11) is -2.89. The lowest BCUT2D eigenvalue weighted by Crippen LogP contribution is -2.48. The number of aromatic nitrogens is 5. The highest BCUT2D eigenvalue weighted by Crippen LogP contribution is 2.34. The topological polar surface area (TPSA) is 160 Å². The number of anilines is 2. The number of sulfonamides is 1. The number of nitrogens with zero attached hydrogens (tertiary/aromatic N) is 7. The molecular weight excluding hydrogens is 619 g/mol. The van der Waals surface area contributed by atoms with Gasteiger partial charge in [0.05, 0.1) is 28.4 Å². The second-order valence-electron chi connectivity index (χ2n) is 9.34. The number of methoxy groups -OCH3 is 1. The summed E-state index contributed by atoms with van der Waals surface area (Å²) >= 11 is 12.2. The molecule has 1 saturated heterocycles. The van der Waals surface area contributed by atoms with Crippen molar-refractivity contribution in [3.63, 3.8) is 0 Å². The average Bonchev–Trinajstić information content (AvgIpc) is 2.99. The Labute approximate surface area is 256 Å². The van der Waals surface area contributed by atoms with E-state index in [0.29, 0.717) is 54.3 Å². The molecule has 5 heterocycles. The normalized spacial score (nSPS) is 13.9. The zero-order valence-corrected chi connectivity index (χ0v) is 25.2. The summed E-state index contributed by atoms with van der Waals surface area (Å²) in [5.74, 6) is 0.182. The third-order valence-electron chi connectivity index (χ3n) is 6.48. The first-order valence-corrected chi connectivity index (χ1v) is 15.0. The van der Waals surface area contributed by atoms with Gasteiger partial charge >= 0.3 is 0 Å². The number of carbonyl (C=O) groups is 2. The lowest BCUT2D eigenvalue weighted by atomic mass is 10.1. The molecule has 1 fully saturated rings. The Hall–Kier alpha value is -4.40. The van der Waals surface area contributed by atoms with Crippen LogP contribution < -0.4 is 14.4 Å². The molecule has 5 rings (SSSR count). The molecule has 0 spiro atoms. The molecule has 0 atom stereocenters. The first kappa shape index (κ1) is 30.1.